The fourth-order valence-electron chi connectivity index (χ4n) is 0. The zero-order chi connectivity index (χ0) is 9.91. The molecule has 0 amide bonds. The molecule has 0 nitrogen and oxygen atoms in total. The van der Waals surface area contributed by atoms with Crippen LogP contribution in [0.1, 0.15) is 68.2 Å². The van der Waals surface area contributed by atoms with Crippen molar-refractivity contribution >= 4 is 0 Å². The Kier molecular flexibility index (Phi) is 19.8. The molecule has 0 aliphatic heterocycles. The largest absolute Gasteiger partial charge is 0.0683 e. The molecule has 0 heterocycles. The summed E-state index contributed by atoms with van der Waals surface area (Å²) in [6.45, 7) is 17.1. The second-order valence-electron chi connectivity index (χ2n) is 4.00. The first kappa shape index (κ1) is 17.2. The van der Waals surface area contributed by atoms with Gasteiger partial charge >= 0.3 is 0 Å². The lowest BCUT2D eigenvalue weighted by Crippen LogP contribution is -1.93. The van der Waals surface area contributed by atoms with Gasteiger partial charge in [-0.05, 0) is 5.41 Å². The van der Waals surface area contributed by atoms with Crippen LogP contribution >= 0.6 is 0 Å². The molecule has 0 aromatic rings. The van der Waals surface area contributed by atoms with E-state index in [0.29, 0.717) is 5.41 Å². The van der Waals surface area contributed by atoms with Crippen molar-refractivity contribution in [1.29, 1.82) is 0 Å². The Morgan fingerprint density at radius 3 is 0.818 bits per heavy atom. The molecule has 0 bridgehead atoms. The normalized spacial score (nSPS) is 8.73. The van der Waals surface area contributed by atoms with Crippen molar-refractivity contribution in [2.75, 3.05) is 0 Å². The fraction of sp³-hybridized carbons (Fsp3) is 1.00. The third-order valence-corrected chi connectivity index (χ3v) is 0.500. The molecule has 0 radical (unpaired) electrons. The van der Waals surface area contributed by atoms with Crippen molar-refractivity contribution in [2.45, 2.75) is 68.2 Å². The summed E-state index contributed by atoms with van der Waals surface area (Å²) in [6, 6.07) is 0. The number of hydrogen-bond acceptors (Lipinski definition) is 0. The molecule has 0 saturated heterocycles. The minimum absolute atomic E-state index is 0.500. The molecule has 0 unspecified atom stereocenters. The van der Waals surface area contributed by atoms with Gasteiger partial charge in [-0.2, -0.15) is 0 Å². The van der Waals surface area contributed by atoms with Crippen molar-refractivity contribution in [1.82, 2.24) is 0 Å². The molecular formula is C11H28. The lowest BCUT2D eigenvalue weighted by atomic mass is 10.0. The summed E-state index contributed by atoms with van der Waals surface area (Å²) in [5.74, 6) is 0. The quantitative estimate of drug-likeness (QED) is 0.512. The van der Waals surface area contributed by atoms with E-state index in [4.69, 9.17) is 0 Å². The molecule has 0 aliphatic rings. The molecule has 0 aromatic carbocycles. The van der Waals surface area contributed by atoms with Crippen LogP contribution in [0.4, 0.5) is 0 Å². The first-order valence-electron chi connectivity index (χ1n) is 4.91. The van der Waals surface area contributed by atoms with Crippen LogP contribution in [0, 0.1) is 5.41 Å². The Labute approximate surface area is 74.4 Å². The molecule has 0 fully saturated rings. The van der Waals surface area contributed by atoms with Crippen molar-refractivity contribution in [3.05, 3.63) is 0 Å². The second kappa shape index (κ2) is 12.7. The summed E-state index contributed by atoms with van der Waals surface area (Å²) in [6.07, 6.45) is 2.64. The Hall–Kier alpha value is 0. The molecule has 0 atom stereocenters. The van der Waals surface area contributed by atoms with E-state index in [0.717, 1.165) is 0 Å². The zero-order valence-electron chi connectivity index (χ0n) is 9.91. The predicted molar refractivity (Wildman–Crippen MR) is 57.1 cm³/mol. The van der Waals surface area contributed by atoms with Crippen molar-refractivity contribution in [2.24, 2.45) is 5.41 Å². The first-order chi connectivity index (χ1) is 4.91. The lowest BCUT2D eigenvalue weighted by molar-refractivity contribution is 0.469. The average molecular weight is 160 g/mol. The molecule has 0 heteroatoms. The molecule has 11 heavy (non-hydrogen) atoms. The van der Waals surface area contributed by atoms with Crippen LogP contribution in [0.2, 0.25) is 0 Å². The molecule has 0 aliphatic carbocycles. The van der Waals surface area contributed by atoms with Crippen LogP contribution < -0.4 is 0 Å². The summed E-state index contributed by atoms with van der Waals surface area (Å²) < 4.78 is 0. The molecule has 0 N–H and O–H groups in total. The Morgan fingerprint density at radius 1 is 0.727 bits per heavy atom. The van der Waals surface area contributed by atoms with Gasteiger partial charge in [-0.15, -0.1) is 0 Å². The minimum Gasteiger partial charge on any atom is -0.0683 e. The highest BCUT2D eigenvalue weighted by molar-refractivity contribution is 4.47. The summed E-state index contributed by atoms with van der Waals surface area (Å²) in [5.41, 5.74) is 0.500. The van der Waals surface area contributed by atoms with Gasteiger partial charge in [0.15, 0.2) is 0 Å². The monoisotopic (exact) mass is 160 g/mol. The standard InChI is InChI=1S/C5H12.C4H10.C2H6/c1-5(2,3)4;1-3-4-2;1-2/h1-4H3;3-4H2,1-2H3;1-2H3. The average Bonchev–Trinajstić information content (AvgIpc) is 1.89. The van der Waals surface area contributed by atoms with E-state index in [-0.39, 0.29) is 0 Å². The van der Waals surface area contributed by atoms with Crippen LogP contribution in [-0.4, -0.2) is 0 Å². The molecule has 0 saturated carbocycles. The summed E-state index contributed by atoms with van der Waals surface area (Å²) in [4.78, 5) is 0. The van der Waals surface area contributed by atoms with Gasteiger partial charge in [-0.3, -0.25) is 0 Å². The molecule has 0 rings (SSSR count). The van der Waals surface area contributed by atoms with Crippen LogP contribution in [0.3, 0.4) is 0 Å². The van der Waals surface area contributed by atoms with Gasteiger partial charge in [0.25, 0.3) is 0 Å². The lowest BCUT2D eigenvalue weighted by Gasteiger charge is -2.05. The number of rotatable bonds is 1. The molecular weight excluding hydrogens is 132 g/mol. The molecule has 0 spiro atoms. The predicted octanol–water partition coefficient (Wildman–Crippen LogP) is 4.89. The minimum atomic E-state index is 0.500. The van der Waals surface area contributed by atoms with E-state index in [1.165, 1.54) is 12.8 Å². The van der Waals surface area contributed by atoms with Crippen LogP contribution in [0.5, 0.6) is 0 Å². The zero-order valence-corrected chi connectivity index (χ0v) is 9.91. The topological polar surface area (TPSA) is 0 Å². The number of unbranched alkanes of at least 4 members (excludes halogenated alkanes) is 1. The van der Waals surface area contributed by atoms with Crippen molar-refractivity contribution < 1.29 is 0 Å². The number of hydrogen-bond donors (Lipinski definition) is 0. The molecule has 72 valence electrons. The van der Waals surface area contributed by atoms with E-state index in [9.17, 15) is 0 Å². The summed E-state index contributed by atoms with van der Waals surface area (Å²) in [5, 5.41) is 0. The third kappa shape index (κ3) is 640. The Bertz CT molecular complexity index is 30.5. The highest BCUT2D eigenvalue weighted by atomic mass is 14.0. The Morgan fingerprint density at radius 2 is 0.818 bits per heavy atom. The van der Waals surface area contributed by atoms with Gasteiger partial charge in [-0.1, -0.05) is 68.2 Å². The van der Waals surface area contributed by atoms with E-state index >= 15 is 0 Å². The third-order valence-electron chi connectivity index (χ3n) is 0.500. The van der Waals surface area contributed by atoms with Gasteiger partial charge in [0.05, 0.1) is 0 Å². The van der Waals surface area contributed by atoms with Gasteiger partial charge in [-0.25, -0.2) is 0 Å². The maximum Gasteiger partial charge on any atom is -0.0411 e. The van der Waals surface area contributed by atoms with E-state index in [1.54, 1.807) is 0 Å². The van der Waals surface area contributed by atoms with Crippen molar-refractivity contribution in [3.63, 3.8) is 0 Å². The highest BCUT2D eigenvalue weighted by Crippen LogP contribution is 2.07. The fourth-order valence-corrected chi connectivity index (χ4v) is 0. The Balaban J connectivity index is -0.0000000965. The smallest absolute Gasteiger partial charge is 0.0411 e. The summed E-state index contributed by atoms with van der Waals surface area (Å²) in [7, 11) is 0. The summed E-state index contributed by atoms with van der Waals surface area (Å²) >= 11 is 0. The van der Waals surface area contributed by atoms with Gasteiger partial charge in [0.1, 0.15) is 0 Å². The van der Waals surface area contributed by atoms with E-state index in [1.807, 2.05) is 13.8 Å². The maximum atomic E-state index is 2.19. The van der Waals surface area contributed by atoms with Crippen molar-refractivity contribution in [3.8, 4) is 0 Å². The van der Waals surface area contributed by atoms with Crippen LogP contribution in [-0.2, 0) is 0 Å². The van der Waals surface area contributed by atoms with Gasteiger partial charge in [0, 0.05) is 0 Å². The highest BCUT2D eigenvalue weighted by Gasteiger charge is 1.95. The first-order valence-corrected chi connectivity index (χ1v) is 4.91. The van der Waals surface area contributed by atoms with Gasteiger partial charge in [0.2, 0.25) is 0 Å². The van der Waals surface area contributed by atoms with Crippen LogP contribution in [0.15, 0.2) is 0 Å². The van der Waals surface area contributed by atoms with Gasteiger partial charge < -0.3 is 0 Å². The maximum absolute atomic E-state index is 2.19. The molecule has 0 aromatic heterocycles. The second-order valence-corrected chi connectivity index (χ2v) is 4.00. The van der Waals surface area contributed by atoms with E-state index < -0.39 is 0 Å². The van der Waals surface area contributed by atoms with E-state index in [2.05, 4.69) is 41.5 Å². The van der Waals surface area contributed by atoms with Crippen LogP contribution in [0.25, 0.3) is 0 Å². The SMILES string of the molecule is CC.CC(C)(C)C.CCCC.